The van der Waals surface area contributed by atoms with Gasteiger partial charge >= 0.3 is 6.09 Å². The monoisotopic (exact) mass is 493 g/mol. The van der Waals surface area contributed by atoms with Crippen LogP contribution in [0.25, 0.3) is 0 Å². The first kappa shape index (κ1) is 28.2. The SMILES string of the molecule is CCNN(CC)C1CCC(OC(=O)N2CC(C)N(C(C)=O)C3CCC(C(CC)CNC)CC32)CC1. The average Bonchev–Trinajstić information content (AvgIpc) is 2.85. The van der Waals surface area contributed by atoms with Crippen molar-refractivity contribution in [2.45, 2.75) is 116 Å². The van der Waals surface area contributed by atoms with Crippen molar-refractivity contribution in [2.24, 2.45) is 11.8 Å². The third kappa shape index (κ3) is 6.69. The molecule has 8 heteroatoms. The third-order valence-electron chi connectivity index (χ3n) is 8.82. The van der Waals surface area contributed by atoms with E-state index in [1.807, 2.05) is 11.9 Å². The third-order valence-corrected chi connectivity index (χ3v) is 8.82. The lowest BCUT2D eigenvalue weighted by Gasteiger charge is -2.54. The average molecular weight is 494 g/mol. The number of carbonyl (C=O) groups excluding carboxylic acids is 2. The molecule has 2 saturated carbocycles. The fourth-order valence-electron chi connectivity index (χ4n) is 7.13. The Bertz CT molecular complexity index is 684. The molecule has 2 aliphatic carbocycles. The van der Waals surface area contributed by atoms with Gasteiger partial charge in [-0.3, -0.25) is 10.2 Å². The van der Waals surface area contributed by atoms with Crippen LogP contribution in [0.5, 0.6) is 0 Å². The van der Waals surface area contributed by atoms with E-state index in [4.69, 9.17) is 4.74 Å². The Labute approximate surface area is 213 Å². The Kier molecular flexibility index (Phi) is 10.7. The van der Waals surface area contributed by atoms with Crippen LogP contribution in [0.15, 0.2) is 0 Å². The second kappa shape index (κ2) is 13.2. The van der Waals surface area contributed by atoms with Gasteiger partial charge in [-0.1, -0.05) is 27.2 Å². The zero-order chi connectivity index (χ0) is 25.5. The van der Waals surface area contributed by atoms with E-state index in [0.717, 1.165) is 71.0 Å². The summed E-state index contributed by atoms with van der Waals surface area (Å²) in [7, 11) is 2.02. The van der Waals surface area contributed by atoms with Crippen LogP contribution in [-0.4, -0.2) is 90.3 Å². The van der Waals surface area contributed by atoms with Crippen molar-refractivity contribution in [3.63, 3.8) is 0 Å². The van der Waals surface area contributed by atoms with E-state index in [2.05, 4.69) is 48.3 Å². The highest BCUT2D eigenvalue weighted by molar-refractivity contribution is 5.75. The van der Waals surface area contributed by atoms with Crippen LogP contribution in [-0.2, 0) is 9.53 Å². The van der Waals surface area contributed by atoms with Crippen molar-refractivity contribution >= 4 is 12.0 Å². The maximum Gasteiger partial charge on any atom is 0.410 e. The number of ether oxygens (including phenoxy) is 1. The molecule has 1 saturated heterocycles. The number of fused-ring (bicyclic) bond motifs is 1. The molecule has 0 aromatic heterocycles. The van der Waals surface area contributed by atoms with Crippen LogP contribution in [0, 0.1) is 11.8 Å². The molecular formula is C27H51N5O3. The molecule has 1 aliphatic heterocycles. The summed E-state index contributed by atoms with van der Waals surface area (Å²) >= 11 is 0. The molecule has 8 nitrogen and oxygen atoms in total. The van der Waals surface area contributed by atoms with Gasteiger partial charge in [0.25, 0.3) is 0 Å². The Hall–Kier alpha value is -1.38. The lowest BCUT2D eigenvalue weighted by molar-refractivity contribution is -0.143. The van der Waals surface area contributed by atoms with Gasteiger partial charge in [0.1, 0.15) is 6.10 Å². The first-order valence-corrected chi connectivity index (χ1v) is 14.2. The summed E-state index contributed by atoms with van der Waals surface area (Å²) in [5.41, 5.74) is 3.47. The minimum Gasteiger partial charge on any atom is -0.446 e. The Morgan fingerprint density at radius 1 is 1.06 bits per heavy atom. The maximum atomic E-state index is 13.6. The predicted octanol–water partition coefficient (Wildman–Crippen LogP) is 3.62. The lowest BCUT2D eigenvalue weighted by atomic mass is 9.72. The van der Waals surface area contributed by atoms with Crippen LogP contribution in [0.3, 0.4) is 0 Å². The fourth-order valence-corrected chi connectivity index (χ4v) is 7.13. The highest BCUT2D eigenvalue weighted by atomic mass is 16.6. The minimum atomic E-state index is -0.167. The molecule has 5 atom stereocenters. The summed E-state index contributed by atoms with van der Waals surface area (Å²) in [5, 5.41) is 5.69. The van der Waals surface area contributed by atoms with Crippen molar-refractivity contribution in [1.29, 1.82) is 0 Å². The van der Waals surface area contributed by atoms with Crippen LogP contribution in [0.4, 0.5) is 4.79 Å². The molecule has 35 heavy (non-hydrogen) atoms. The molecule has 0 aromatic rings. The molecule has 0 radical (unpaired) electrons. The van der Waals surface area contributed by atoms with Crippen molar-refractivity contribution in [3.05, 3.63) is 0 Å². The number of hydrogen-bond acceptors (Lipinski definition) is 6. The van der Waals surface area contributed by atoms with E-state index in [1.165, 1.54) is 0 Å². The van der Waals surface area contributed by atoms with Gasteiger partial charge < -0.3 is 19.9 Å². The van der Waals surface area contributed by atoms with E-state index >= 15 is 0 Å². The summed E-state index contributed by atoms with van der Waals surface area (Å²) in [4.78, 5) is 30.2. The number of amides is 2. The zero-order valence-electron chi connectivity index (χ0n) is 23.1. The standard InChI is InChI=1S/C27H51N5O3/c1-7-21(17-28-6)22-10-15-25-26(16-22)30(18-19(4)32(25)20(5)33)27(34)35-24-13-11-23(12-14-24)31(9-3)29-8-2/h19,21-26,28-29H,7-18H2,1-6H3. The summed E-state index contributed by atoms with van der Waals surface area (Å²) < 4.78 is 6.15. The molecular weight excluding hydrogens is 442 g/mol. The summed E-state index contributed by atoms with van der Waals surface area (Å²) in [6, 6.07) is 0.677. The maximum absolute atomic E-state index is 13.6. The molecule has 0 aromatic carbocycles. The van der Waals surface area contributed by atoms with Gasteiger partial charge in [-0.2, -0.15) is 0 Å². The molecule has 202 valence electrons. The van der Waals surface area contributed by atoms with E-state index in [1.54, 1.807) is 6.92 Å². The van der Waals surface area contributed by atoms with E-state index in [9.17, 15) is 9.59 Å². The first-order valence-electron chi connectivity index (χ1n) is 14.2. The molecule has 0 bridgehead atoms. The number of hydrazine groups is 1. The minimum absolute atomic E-state index is 0.00857. The van der Waals surface area contributed by atoms with Crippen LogP contribution in [0.2, 0.25) is 0 Å². The second-order valence-corrected chi connectivity index (χ2v) is 11.0. The van der Waals surface area contributed by atoms with Crippen molar-refractivity contribution < 1.29 is 14.3 Å². The quantitative estimate of drug-likeness (QED) is 0.478. The summed E-state index contributed by atoms with van der Waals surface area (Å²) in [6.07, 6.45) is 7.91. The number of carbonyl (C=O) groups is 2. The highest BCUT2D eigenvalue weighted by Gasteiger charge is 2.48. The Balaban J connectivity index is 1.67. The van der Waals surface area contributed by atoms with Crippen molar-refractivity contribution in [1.82, 2.24) is 25.6 Å². The molecule has 1 heterocycles. The van der Waals surface area contributed by atoms with Crippen LogP contribution < -0.4 is 10.7 Å². The van der Waals surface area contributed by atoms with Crippen LogP contribution in [0.1, 0.15) is 86.0 Å². The van der Waals surface area contributed by atoms with E-state index < -0.39 is 0 Å². The number of nitrogens with zero attached hydrogens (tertiary/aromatic N) is 3. The van der Waals surface area contributed by atoms with Crippen molar-refractivity contribution in [3.8, 4) is 0 Å². The van der Waals surface area contributed by atoms with E-state index in [0.29, 0.717) is 24.4 Å². The van der Waals surface area contributed by atoms with Gasteiger partial charge in [-0.15, -0.1) is 0 Å². The molecule has 0 spiro atoms. The number of piperazine rings is 1. The highest BCUT2D eigenvalue weighted by Crippen LogP contribution is 2.40. The number of nitrogens with one attached hydrogen (secondary N) is 2. The summed E-state index contributed by atoms with van der Waals surface area (Å²) in [6.45, 7) is 13.8. The predicted molar refractivity (Wildman–Crippen MR) is 140 cm³/mol. The van der Waals surface area contributed by atoms with Gasteiger partial charge in [-0.05, 0) is 77.3 Å². The smallest absolute Gasteiger partial charge is 0.410 e. The molecule has 2 N–H and O–H groups in total. The number of hydrogen-bond donors (Lipinski definition) is 2. The number of rotatable bonds is 9. The molecule has 2 amide bonds. The first-order chi connectivity index (χ1) is 16.8. The molecule has 3 aliphatic rings. The van der Waals surface area contributed by atoms with Gasteiger partial charge in [0.15, 0.2) is 0 Å². The second-order valence-electron chi connectivity index (χ2n) is 11.0. The molecule has 5 unspecified atom stereocenters. The zero-order valence-corrected chi connectivity index (χ0v) is 23.1. The van der Waals surface area contributed by atoms with E-state index in [-0.39, 0.29) is 36.2 Å². The van der Waals surface area contributed by atoms with Crippen molar-refractivity contribution in [2.75, 3.05) is 33.2 Å². The van der Waals surface area contributed by atoms with Gasteiger partial charge in [0, 0.05) is 38.6 Å². The molecule has 3 fully saturated rings. The van der Waals surface area contributed by atoms with Gasteiger partial charge in [0.2, 0.25) is 5.91 Å². The molecule has 3 rings (SSSR count). The lowest BCUT2D eigenvalue weighted by Crippen LogP contribution is -2.67. The normalized spacial score (nSPS) is 32.3. The van der Waals surface area contributed by atoms with Crippen LogP contribution >= 0.6 is 0 Å². The largest absolute Gasteiger partial charge is 0.446 e. The summed E-state index contributed by atoms with van der Waals surface area (Å²) in [5.74, 6) is 1.28. The Morgan fingerprint density at radius 3 is 2.34 bits per heavy atom. The van der Waals surface area contributed by atoms with Gasteiger partial charge in [-0.25, -0.2) is 9.80 Å². The van der Waals surface area contributed by atoms with Gasteiger partial charge in [0.05, 0.1) is 12.1 Å². The topological polar surface area (TPSA) is 77.2 Å². The Morgan fingerprint density at radius 2 is 1.77 bits per heavy atom. The fraction of sp³-hybridized carbons (Fsp3) is 0.926.